The van der Waals surface area contributed by atoms with Crippen LogP contribution in [-0.4, -0.2) is 28.4 Å². The molecule has 1 aromatic rings. The largest absolute Gasteiger partial charge is 0.447 e. The van der Waals surface area contributed by atoms with Crippen molar-refractivity contribution in [3.8, 4) is 0 Å². The van der Waals surface area contributed by atoms with Gasteiger partial charge < -0.3 is 10.1 Å². The van der Waals surface area contributed by atoms with Gasteiger partial charge in [0.15, 0.2) is 11.8 Å². The van der Waals surface area contributed by atoms with Crippen LogP contribution in [0, 0.1) is 0 Å². The van der Waals surface area contributed by atoms with Crippen molar-refractivity contribution >= 4 is 46.6 Å². The Labute approximate surface area is 137 Å². The van der Waals surface area contributed by atoms with Crippen LogP contribution in [0.2, 0.25) is 9.36 Å². The molecule has 0 aliphatic heterocycles. The SMILES string of the molecule is CCC(OC(=O)c1nsc(Cl)c1Cl)C(=O)NC1CCCC1. The lowest BCUT2D eigenvalue weighted by atomic mass is 10.2. The van der Waals surface area contributed by atoms with Crippen molar-refractivity contribution in [2.45, 2.75) is 51.2 Å². The standard InChI is InChI=1S/C13H16Cl2N2O3S/c1-2-8(12(18)16-7-5-3-4-6-7)20-13(19)10-9(14)11(15)21-17-10/h7-8H,2-6H2,1H3,(H,16,18). The molecular weight excluding hydrogens is 335 g/mol. The molecule has 1 aliphatic carbocycles. The lowest BCUT2D eigenvalue weighted by molar-refractivity contribution is -0.130. The summed E-state index contributed by atoms with van der Waals surface area (Å²) in [5.74, 6) is -0.994. The first-order valence-corrected chi connectivity index (χ1v) is 8.37. The Morgan fingerprint density at radius 2 is 2.10 bits per heavy atom. The molecule has 0 aromatic carbocycles. The van der Waals surface area contributed by atoms with Gasteiger partial charge in [0.1, 0.15) is 9.36 Å². The number of ether oxygens (including phenoxy) is 1. The zero-order chi connectivity index (χ0) is 15.4. The second-order valence-corrected chi connectivity index (χ2v) is 6.66. The van der Waals surface area contributed by atoms with E-state index in [4.69, 9.17) is 27.9 Å². The summed E-state index contributed by atoms with van der Waals surface area (Å²) in [5.41, 5.74) is -0.0428. The number of carbonyl (C=O) groups is 2. The van der Waals surface area contributed by atoms with Crippen LogP contribution in [0.4, 0.5) is 0 Å². The Bertz CT molecular complexity index is 529. The lowest BCUT2D eigenvalue weighted by Crippen LogP contribution is -2.42. The quantitative estimate of drug-likeness (QED) is 0.825. The summed E-state index contributed by atoms with van der Waals surface area (Å²) in [5, 5.41) is 2.98. The fraction of sp³-hybridized carbons (Fsp3) is 0.615. The predicted molar refractivity (Wildman–Crippen MR) is 82.0 cm³/mol. The predicted octanol–water partition coefficient (Wildman–Crippen LogP) is 3.44. The van der Waals surface area contributed by atoms with Crippen molar-refractivity contribution in [2.75, 3.05) is 0 Å². The molecule has 21 heavy (non-hydrogen) atoms. The molecule has 1 aromatic heterocycles. The van der Waals surface area contributed by atoms with Crippen LogP contribution >= 0.6 is 34.7 Å². The molecule has 0 radical (unpaired) electrons. The first kappa shape index (κ1) is 16.5. The zero-order valence-corrected chi connectivity index (χ0v) is 13.9. The number of hydrogen-bond acceptors (Lipinski definition) is 5. The first-order valence-electron chi connectivity index (χ1n) is 6.85. The Morgan fingerprint density at radius 1 is 1.43 bits per heavy atom. The third-order valence-electron chi connectivity index (χ3n) is 3.40. The summed E-state index contributed by atoms with van der Waals surface area (Å²) >= 11 is 12.5. The Hall–Kier alpha value is -0.850. The average Bonchev–Trinajstić information content (AvgIpc) is 3.07. The summed E-state index contributed by atoms with van der Waals surface area (Å²) in [7, 11) is 0. The molecular formula is C13H16Cl2N2O3S. The maximum absolute atomic E-state index is 12.1. The highest BCUT2D eigenvalue weighted by molar-refractivity contribution is 7.11. The molecule has 1 amide bonds. The summed E-state index contributed by atoms with van der Waals surface area (Å²) in [6.07, 6.45) is 3.74. The van der Waals surface area contributed by atoms with Gasteiger partial charge in [-0.05, 0) is 30.8 Å². The third kappa shape index (κ3) is 4.08. The summed E-state index contributed by atoms with van der Waals surface area (Å²) in [4.78, 5) is 24.1. The van der Waals surface area contributed by atoms with Gasteiger partial charge in [-0.25, -0.2) is 4.79 Å². The minimum atomic E-state index is -0.838. The number of carbonyl (C=O) groups excluding carboxylic acids is 2. The van der Waals surface area contributed by atoms with E-state index in [9.17, 15) is 9.59 Å². The van der Waals surface area contributed by atoms with E-state index in [1.54, 1.807) is 6.92 Å². The summed E-state index contributed by atoms with van der Waals surface area (Å²) in [6, 6.07) is 0.183. The maximum Gasteiger partial charge on any atom is 0.360 e. The van der Waals surface area contributed by atoms with Gasteiger partial charge in [-0.3, -0.25) is 4.79 Å². The highest BCUT2D eigenvalue weighted by Gasteiger charge is 2.28. The monoisotopic (exact) mass is 350 g/mol. The van der Waals surface area contributed by atoms with E-state index in [1.165, 1.54) is 0 Å². The van der Waals surface area contributed by atoms with Crippen molar-refractivity contribution in [1.29, 1.82) is 0 Å². The van der Waals surface area contributed by atoms with Crippen LogP contribution in [0.1, 0.15) is 49.5 Å². The number of aromatic nitrogens is 1. The van der Waals surface area contributed by atoms with E-state index < -0.39 is 12.1 Å². The molecule has 1 fully saturated rings. The second-order valence-electron chi connectivity index (χ2n) is 4.91. The number of rotatable bonds is 5. The van der Waals surface area contributed by atoms with Crippen LogP contribution in [-0.2, 0) is 9.53 Å². The zero-order valence-electron chi connectivity index (χ0n) is 11.5. The number of nitrogens with one attached hydrogen (secondary N) is 1. The fourth-order valence-corrected chi connectivity index (χ4v) is 3.24. The third-order valence-corrected chi connectivity index (χ3v) is 5.02. The van der Waals surface area contributed by atoms with Crippen molar-refractivity contribution in [1.82, 2.24) is 9.69 Å². The van der Waals surface area contributed by atoms with E-state index >= 15 is 0 Å². The summed E-state index contributed by atoms with van der Waals surface area (Å²) < 4.78 is 9.27. The van der Waals surface area contributed by atoms with Gasteiger partial charge in [-0.2, -0.15) is 4.37 Å². The second kappa shape index (κ2) is 7.42. The first-order chi connectivity index (χ1) is 10.0. The lowest BCUT2D eigenvalue weighted by Gasteiger charge is -2.18. The average molecular weight is 351 g/mol. The highest BCUT2D eigenvalue weighted by atomic mass is 35.5. The minimum Gasteiger partial charge on any atom is -0.447 e. The molecule has 1 unspecified atom stereocenters. The van der Waals surface area contributed by atoms with E-state index in [0.717, 1.165) is 37.2 Å². The Balaban J connectivity index is 1.96. The molecule has 1 aliphatic rings. The van der Waals surface area contributed by atoms with Gasteiger partial charge in [0, 0.05) is 6.04 Å². The smallest absolute Gasteiger partial charge is 0.360 e. The van der Waals surface area contributed by atoms with Gasteiger partial charge in [-0.1, -0.05) is 43.0 Å². The molecule has 5 nitrogen and oxygen atoms in total. The van der Waals surface area contributed by atoms with Crippen LogP contribution in [0.25, 0.3) is 0 Å². The molecule has 8 heteroatoms. The molecule has 1 saturated carbocycles. The van der Waals surface area contributed by atoms with Crippen LogP contribution in [0.3, 0.4) is 0 Å². The molecule has 1 N–H and O–H groups in total. The van der Waals surface area contributed by atoms with Gasteiger partial charge in [-0.15, -0.1) is 0 Å². The Kier molecular flexibility index (Phi) is 5.84. The molecule has 0 bridgehead atoms. The molecule has 2 rings (SSSR count). The maximum atomic E-state index is 12.1. The van der Waals surface area contributed by atoms with Crippen molar-refractivity contribution in [2.24, 2.45) is 0 Å². The number of hydrogen-bond donors (Lipinski definition) is 1. The van der Waals surface area contributed by atoms with Gasteiger partial charge >= 0.3 is 5.97 Å². The molecule has 0 spiro atoms. The van der Waals surface area contributed by atoms with E-state index in [2.05, 4.69) is 9.69 Å². The van der Waals surface area contributed by atoms with E-state index in [1.807, 2.05) is 0 Å². The Morgan fingerprint density at radius 3 is 2.62 bits per heavy atom. The highest BCUT2D eigenvalue weighted by Crippen LogP contribution is 2.30. The van der Waals surface area contributed by atoms with Crippen molar-refractivity contribution < 1.29 is 14.3 Å². The van der Waals surface area contributed by atoms with Gasteiger partial charge in [0.25, 0.3) is 5.91 Å². The topological polar surface area (TPSA) is 68.3 Å². The molecule has 1 heterocycles. The number of esters is 1. The fourth-order valence-electron chi connectivity index (χ4n) is 2.26. The number of nitrogens with zero attached hydrogens (tertiary/aromatic N) is 1. The van der Waals surface area contributed by atoms with Gasteiger partial charge in [0.05, 0.1) is 0 Å². The molecule has 116 valence electrons. The van der Waals surface area contributed by atoms with Crippen molar-refractivity contribution in [3.05, 3.63) is 15.1 Å². The molecule has 1 atom stereocenters. The number of amides is 1. The van der Waals surface area contributed by atoms with Crippen molar-refractivity contribution in [3.63, 3.8) is 0 Å². The number of halogens is 2. The van der Waals surface area contributed by atoms with Gasteiger partial charge in [0.2, 0.25) is 0 Å². The van der Waals surface area contributed by atoms with Crippen LogP contribution in [0.5, 0.6) is 0 Å². The molecule has 0 saturated heterocycles. The van der Waals surface area contributed by atoms with E-state index in [0.29, 0.717) is 6.42 Å². The van der Waals surface area contributed by atoms with Crippen LogP contribution in [0.15, 0.2) is 0 Å². The van der Waals surface area contributed by atoms with E-state index in [-0.39, 0.29) is 27.0 Å². The van der Waals surface area contributed by atoms with Crippen LogP contribution < -0.4 is 5.32 Å². The minimum absolute atomic E-state index is 0.0428. The summed E-state index contributed by atoms with van der Waals surface area (Å²) in [6.45, 7) is 1.78. The normalized spacial score (nSPS) is 16.7.